The lowest BCUT2D eigenvalue weighted by Crippen LogP contribution is -2.53. The molecule has 154 valence electrons. The summed E-state index contributed by atoms with van der Waals surface area (Å²) < 4.78 is 25.5. The number of rotatable bonds is 6. The number of halogens is 1. The van der Waals surface area contributed by atoms with Crippen molar-refractivity contribution in [1.29, 1.82) is 0 Å². The summed E-state index contributed by atoms with van der Waals surface area (Å²) in [6.45, 7) is 10.5. The van der Waals surface area contributed by atoms with E-state index in [1.165, 1.54) is 16.8 Å². The van der Waals surface area contributed by atoms with E-state index in [9.17, 15) is 8.42 Å². The molecular formula is C18H32IN5O2S. The van der Waals surface area contributed by atoms with Crippen molar-refractivity contribution in [2.24, 2.45) is 4.99 Å². The molecule has 1 aliphatic rings. The fraction of sp³-hybridized carbons (Fsp3) is 0.611. The summed E-state index contributed by atoms with van der Waals surface area (Å²) in [6.07, 6.45) is 0. The molecule has 0 amide bonds. The van der Waals surface area contributed by atoms with Crippen molar-refractivity contribution in [2.75, 3.05) is 57.0 Å². The highest BCUT2D eigenvalue weighted by Gasteiger charge is 2.21. The van der Waals surface area contributed by atoms with Crippen molar-refractivity contribution in [3.8, 4) is 0 Å². The number of nitrogens with one attached hydrogen (secondary N) is 2. The maximum absolute atomic E-state index is 11.5. The van der Waals surface area contributed by atoms with Gasteiger partial charge >= 0.3 is 0 Å². The van der Waals surface area contributed by atoms with Crippen LogP contribution >= 0.6 is 24.0 Å². The fourth-order valence-electron chi connectivity index (χ4n) is 3.05. The molecule has 1 heterocycles. The normalized spacial score (nSPS) is 15.5. The Labute approximate surface area is 180 Å². The maximum atomic E-state index is 11.5. The van der Waals surface area contributed by atoms with Gasteiger partial charge in [0.05, 0.1) is 5.75 Å². The van der Waals surface area contributed by atoms with E-state index in [1.807, 2.05) is 0 Å². The summed E-state index contributed by atoms with van der Waals surface area (Å²) in [6, 6.07) is 6.44. The minimum Gasteiger partial charge on any atom is -0.368 e. The highest BCUT2D eigenvalue weighted by molar-refractivity contribution is 14.0. The van der Waals surface area contributed by atoms with Gasteiger partial charge in [0.2, 0.25) is 10.0 Å². The van der Waals surface area contributed by atoms with Gasteiger partial charge in [-0.05, 0) is 38.0 Å². The molecule has 1 aromatic carbocycles. The number of anilines is 1. The molecule has 1 aliphatic heterocycles. The number of guanidine groups is 1. The second kappa shape index (κ2) is 11.1. The van der Waals surface area contributed by atoms with Crippen LogP contribution in [-0.4, -0.2) is 71.3 Å². The summed E-state index contributed by atoms with van der Waals surface area (Å²) in [4.78, 5) is 8.97. The minimum atomic E-state index is -3.14. The first kappa shape index (κ1) is 24.0. The van der Waals surface area contributed by atoms with E-state index in [1.54, 1.807) is 14.0 Å². The lowest BCUT2D eigenvalue weighted by atomic mass is 10.1. The van der Waals surface area contributed by atoms with Crippen molar-refractivity contribution in [2.45, 2.75) is 20.8 Å². The Balaban J connectivity index is 0.00000364. The molecule has 2 rings (SSSR count). The highest BCUT2D eigenvalue weighted by Crippen LogP contribution is 2.23. The van der Waals surface area contributed by atoms with E-state index in [0.29, 0.717) is 13.1 Å². The Bertz CT molecular complexity index is 731. The number of sulfonamides is 1. The molecule has 1 fully saturated rings. The van der Waals surface area contributed by atoms with Crippen molar-refractivity contribution >= 4 is 45.6 Å². The Kier molecular flexibility index (Phi) is 9.82. The van der Waals surface area contributed by atoms with Crippen LogP contribution in [-0.2, 0) is 10.0 Å². The van der Waals surface area contributed by atoms with Crippen LogP contribution in [0.2, 0.25) is 0 Å². The van der Waals surface area contributed by atoms with Crippen LogP contribution in [0, 0.1) is 13.8 Å². The predicted octanol–water partition coefficient (Wildman–Crippen LogP) is 1.56. The van der Waals surface area contributed by atoms with Crippen LogP contribution in [0.1, 0.15) is 18.1 Å². The van der Waals surface area contributed by atoms with Gasteiger partial charge in [-0.3, -0.25) is 4.99 Å². The number of aliphatic imine (C=N–C) groups is 1. The third kappa shape index (κ3) is 6.79. The van der Waals surface area contributed by atoms with Gasteiger partial charge < -0.3 is 15.1 Å². The van der Waals surface area contributed by atoms with E-state index in [2.05, 4.69) is 56.9 Å². The van der Waals surface area contributed by atoms with Gasteiger partial charge in [0.1, 0.15) is 0 Å². The minimum absolute atomic E-state index is 0. The fourth-order valence-corrected chi connectivity index (χ4v) is 3.67. The van der Waals surface area contributed by atoms with Gasteiger partial charge in [-0.2, -0.15) is 0 Å². The van der Waals surface area contributed by atoms with Crippen LogP contribution < -0.4 is 14.9 Å². The first-order valence-electron chi connectivity index (χ1n) is 9.12. The number of hydrogen-bond acceptors (Lipinski definition) is 4. The van der Waals surface area contributed by atoms with Crippen LogP contribution in [0.15, 0.2) is 23.2 Å². The van der Waals surface area contributed by atoms with E-state index < -0.39 is 10.0 Å². The van der Waals surface area contributed by atoms with E-state index in [-0.39, 0.29) is 29.7 Å². The zero-order valence-corrected chi connectivity index (χ0v) is 19.8. The molecule has 0 aromatic heterocycles. The van der Waals surface area contributed by atoms with E-state index in [4.69, 9.17) is 0 Å². The second-order valence-electron chi connectivity index (χ2n) is 6.46. The number of piperazine rings is 1. The molecular weight excluding hydrogens is 477 g/mol. The largest absolute Gasteiger partial charge is 0.368 e. The Hall–Kier alpha value is -1.07. The summed E-state index contributed by atoms with van der Waals surface area (Å²) in [5, 5.41) is 3.24. The highest BCUT2D eigenvalue weighted by atomic mass is 127. The van der Waals surface area contributed by atoms with Gasteiger partial charge in [0.15, 0.2) is 5.96 Å². The first-order valence-corrected chi connectivity index (χ1v) is 10.8. The van der Waals surface area contributed by atoms with Crippen molar-refractivity contribution in [3.63, 3.8) is 0 Å². The molecule has 7 nitrogen and oxygen atoms in total. The average Bonchev–Trinajstić information content (AvgIpc) is 2.64. The van der Waals surface area contributed by atoms with E-state index in [0.717, 1.165) is 32.1 Å². The number of hydrogen-bond donors (Lipinski definition) is 2. The molecule has 0 radical (unpaired) electrons. The zero-order valence-electron chi connectivity index (χ0n) is 16.7. The molecule has 0 spiro atoms. The SMILES string of the molecule is CCS(=O)(=O)NCCNC(=NC)N1CCN(c2cccc(C)c2C)CC1.I. The summed E-state index contributed by atoms with van der Waals surface area (Å²) in [5.41, 5.74) is 3.96. The molecule has 0 saturated carbocycles. The molecule has 0 bridgehead atoms. The third-order valence-corrected chi connectivity index (χ3v) is 6.22. The maximum Gasteiger partial charge on any atom is 0.211 e. The smallest absolute Gasteiger partial charge is 0.211 e. The molecule has 2 N–H and O–H groups in total. The lowest BCUT2D eigenvalue weighted by molar-refractivity contribution is 0.372. The van der Waals surface area contributed by atoms with Crippen LogP contribution in [0.3, 0.4) is 0 Å². The van der Waals surface area contributed by atoms with Crippen molar-refractivity contribution in [1.82, 2.24) is 14.9 Å². The van der Waals surface area contributed by atoms with Crippen LogP contribution in [0.4, 0.5) is 5.69 Å². The van der Waals surface area contributed by atoms with Gasteiger partial charge in [0, 0.05) is 52.0 Å². The third-order valence-electron chi connectivity index (χ3n) is 4.82. The quantitative estimate of drug-likeness (QED) is 0.264. The number of nitrogens with zero attached hydrogens (tertiary/aromatic N) is 3. The Morgan fingerprint density at radius 1 is 1.15 bits per heavy atom. The Morgan fingerprint density at radius 2 is 1.81 bits per heavy atom. The Morgan fingerprint density at radius 3 is 2.41 bits per heavy atom. The van der Waals surface area contributed by atoms with Gasteiger partial charge in [-0.25, -0.2) is 13.1 Å². The molecule has 9 heteroatoms. The summed E-state index contributed by atoms with van der Waals surface area (Å²) in [5.74, 6) is 0.920. The topological polar surface area (TPSA) is 77.0 Å². The first-order chi connectivity index (χ1) is 12.4. The van der Waals surface area contributed by atoms with Crippen LogP contribution in [0.25, 0.3) is 0 Å². The monoisotopic (exact) mass is 509 g/mol. The molecule has 1 aromatic rings. The number of benzene rings is 1. The van der Waals surface area contributed by atoms with Gasteiger partial charge in [-0.15, -0.1) is 24.0 Å². The number of aryl methyl sites for hydroxylation is 1. The zero-order chi connectivity index (χ0) is 19.2. The second-order valence-corrected chi connectivity index (χ2v) is 8.56. The van der Waals surface area contributed by atoms with Gasteiger partial charge in [-0.1, -0.05) is 12.1 Å². The summed E-state index contributed by atoms with van der Waals surface area (Å²) >= 11 is 0. The molecule has 0 atom stereocenters. The van der Waals surface area contributed by atoms with Crippen molar-refractivity contribution < 1.29 is 8.42 Å². The predicted molar refractivity (Wildman–Crippen MR) is 124 cm³/mol. The summed E-state index contributed by atoms with van der Waals surface area (Å²) in [7, 11) is -1.39. The molecule has 0 unspecified atom stereocenters. The lowest BCUT2D eigenvalue weighted by Gasteiger charge is -2.38. The average molecular weight is 509 g/mol. The van der Waals surface area contributed by atoms with E-state index >= 15 is 0 Å². The standard InChI is InChI=1S/C18H31N5O2S.HI/c1-5-26(24,25)21-10-9-20-18(19-4)23-13-11-22(12-14-23)17-8-6-7-15(2)16(17)3;/h6-8,21H,5,9-14H2,1-4H3,(H,19,20);1H. The molecule has 27 heavy (non-hydrogen) atoms. The van der Waals surface area contributed by atoms with Crippen molar-refractivity contribution in [3.05, 3.63) is 29.3 Å². The van der Waals surface area contributed by atoms with Crippen LogP contribution in [0.5, 0.6) is 0 Å². The molecule has 0 aliphatic carbocycles. The molecule has 1 saturated heterocycles. The van der Waals surface area contributed by atoms with Gasteiger partial charge in [0.25, 0.3) is 0 Å².